The number of aryl methyl sites for hydroxylation is 1. The van der Waals surface area contributed by atoms with Gasteiger partial charge >= 0.3 is 0 Å². The van der Waals surface area contributed by atoms with Gasteiger partial charge in [-0.15, -0.1) is 0 Å². The second-order valence-electron chi connectivity index (χ2n) is 4.95. The Morgan fingerprint density at radius 1 is 1.27 bits per heavy atom. The number of carbonyl (C=O) groups is 1. The molecule has 1 amide bonds. The number of benzene rings is 2. The highest BCUT2D eigenvalue weighted by Crippen LogP contribution is 2.25. The molecule has 0 fully saturated rings. The van der Waals surface area contributed by atoms with E-state index >= 15 is 0 Å². The minimum Gasteiger partial charge on any atom is -0.483 e. The average Bonchev–Trinajstić information content (AvgIpc) is 2.46. The molecule has 0 saturated carbocycles. The third-order valence-electron chi connectivity index (χ3n) is 3.07. The molecule has 0 aliphatic heterocycles. The first-order chi connectivity index (χ1) is 10.5. The van der Waals surface area contributed by atoms with Crippen LogP contribution in [-0.2, 0) is 11.2 Å². The van der Waals surface area contributed by atoms with Crippen LogP contribution in [0.3, 0.4) is 0 Å². The summed E-state index contributed by atoms with van der Waals surface area (Å²) in [5.74, 6) is 0.519. The lowest BCUT2D eigenvalue weighted by Gasteiger charge is -2.09. The maximum atomic E-state index is 11.8. The van der Waals surface area contributed by atoms with Gasteiger partial charge in [-0.2, -0.15) is 0 Å². The molecule has 2 rings (SSSR count). The molecule has 1 N–H and O–H groups in total. The number of hydrogen-bond donors (Lipinski definition) is 1. The van der Waals surface area contributed by atoms with Gasteiger partial charge in [-0.3, -0.25) is 4.79 Å². The maximum Gasteiger partial charge on any atom is 0.257 e. The molecule has 0 heterocycles. The van der Waals surface area contributed by atoms with Gasteiger partial charge in [0.15, 0.2) is 6.61 Å². The molecule has 0 atom stereocenters. The van der Waals surface area contributed by atoms with Crippen molar-refractivity contribution in [2.75, 3.05) is 13.2 Å². The van der Waals surface area contributed by atoms with Crippen LogP contribution in [0, 0.1) is 6.92 Å². The zero-order valence-electron chi connectivity index (χ0n) is 12.2. The summed E-state index contributed by atoms with van der Waals surface area (Å²) in [6, 6.07) is 13.3. The molecule has 0 spiro atoms. The van der Waals surface area contributed by atoms with Crippen molar-refractivity contribution in [3.8, 4) is 5.75 Å². The predicted octanol–water partition coefficient (Wildman–Crippen LogP) is 4.15. The van der Waals surface area contributed by atoms with Crippen LogP contribution in [0.1, 0.15) is 11.1 Å². The fraction of sp³-hybridized carbons (Fsp3) is 0.235. The average molecular weight is 383 g/mol. The summed E-state index contributed by atoms with van der Waals surface area (Å²) in [7, 11) is 0. The highest BCUT2D eigenvalue weighted by atomic mass is 79.9. The van der Waals surface area contributed by atoms with E-state index in [-0.39, 0.29) is 12.5 Å². The van der Waals surface area contributed by atoms with Gasteiger partial charge in [0.1, 0.15) is 5.75 Å². The van der Waals surface area contributed by atoms with Gasteiger partial charge in [0.25, 0.3) is 5.91 Å². The molecular formula is C17H17BrClNO2. The van der Waals surface area contributed by atoms with E-state index in [4.69, 9.17) is 16.3 Å². The smallest absolute Gasteiger partial charge is 0.257 e. The van der Waals surface area contributed by atoms with E-state index in [0.29, 0.717) is 17.3 Å². The van der Waals surface area contributed by atoms with E-state index < -0.39 is 0 Å². The van der Waals surface area contributed by atoms with Gasteiger partial charge in [-0.25, -0.2) is 0 Å². The lowest BCUT2D eigenvalue weighted by atomic mass is 10.1. The van der Waals surface area contributed by atoms with Crippen molar-refractivity contribution in [2.24, 2.45) is 0 Å². The third-order valence-corrected chi connectivity index (χ3v) is 3.93. The summed E-state index contributed by atoms with van der Waals surface area (Å²) in [6.45, 7) is 2.55. The molecular weight excluding hydrogens is 366 g/mol. The van der Waals surface area contributed by atoms with E-state index in [0.717, 1.165) is 22.0 Å². The van der Waals surface area contributed by atoms with Crippen molar-refractivity contribution in [1.29, 1.82) is 0 Å². The summed E-state index contributed by atoms with van der Waals surface area (Å²) in [5, 5.41) is 3.53. The fourth-order valence-corrected chi connectivity index (χ4v) is 2.78. The molecule has 116 valence electrons. The van der Waals surface area contributed by atoms with Gasteiger partial charge in [0.2, 0.25) is 0 Å². The topological polar surface area (TPSA) is 38.3 Å². The van der Waals surface area contributed by atoms with Crippen LogP contribution in [0.15, 0.2) is 46.9 Å². The largest absolute Gasteiger partial charge is 0.483 e. The molecule has 2 aromatic rings. The molecule has 0 unspecified atom stereocenters. The van der Waals surface area contributed by atoms with E-state index in [1.165, 1.54) is 0 Å². The quantitative estimate of drug-likeness (QED) is 0.815. The Labute approximate surface area is 143 Å². The normalized spacial score (nSPS) is 10.3. The fourth-order valence-electron chi connectivity index (χ4n) is 1.96. The predicted molar refractivity (Wildman–Crippen MR) is 92.5 cm³/mol. The van der Waals surface area contributed by atoms with Gasteiger partial charge < -0.3 is 10.1 Å². The summed E-state index contributed by atoms with van der Waals surface area (Å²) in [6.07, 6.45) is 0.737. The minimum atomic E-state index is -0.144. The highest BCUT2D eigenvalue weighted by molar-refractivity contribution is 9.10. The van der Waals surface area contributed by atoms with Crippen molar-refractivity contribution in [3.63, 3.8) is 0 Å². The second kappa shape index (κ2) is 8.20. The molecule has 0 aromatic heterocycles. The third kappa shape index (κ3) is 5.35. The molecule has 0 radical (unpaired) electrons. The Morgan fingerprint density at radius 3 is 2.82 bits per heavy atom. The zero-order chi connectivity index (χ0) is 15.9. The van der Waals surface area contributed by atoms with Gasteiger partial charge in [0, 0.05) is 11.6 Å². The standard InChI is InChI=1S/C17H17BrClNO2/c1-12-5-6-16(15(18)9-12)22-11-17(21)20-8-7-13-3-2-4-14(19)10-13/h2-6,9-10H,7-8,11H2,1H3,(H,20,21). The molecule has 0 aliphatic rings. The molecule has 0 saturated heterocycles. The highest BCUT2D eigenvalue weighted by Gasteiger charge is 2.05. The first-order valence-electron chi connectivity index (χ1n) is 6.94. The lowest BCUT2D eigenvalue weighted by molar-refractivity contribution is -0.123. The van der Waals surface area contributed by atoms with E-state index in [1.807, 2.05) is 49.4 Å². The van der Waals surface area contributed by atoms with Crippen molar-refractivity contribution in [1.82, 2.24) is 5.32 Å². The summed E-state index contributed by atoms with van der Waals surface area (Å²) < 4.78 is 6.34. The number of hydrogen-bond acceptors (Lipinski definition) is 2. The Balaban J connectivity index is 1.74. The number of amides is 1. The van der Waals surface area contributed by atoms with E-state index in [1.54, 1.807) is 0 Å². The van der Waals surface area contributed by atoms with E-state index in [9.17, 15) is 4.79 Å². The molecule has 2 aromatic carbocycles. The zero-order valence-corrected chi connectivity index (χ0v) is 14.6. The number of carbonyl (C=O) groups excluding carboxylic acids is 1. The SMILES string of the molecule is Cc1ccc(OCC(=O)NCCc2cccc(Cl)c2)c(Br)c1. The van der Waals surface area contributed by atoms with Crippen molar-refractivity contribution < 1.29 is 9.53 Å². The van der Waals surface area contributed by atoms with Crippen LogP contribution in [-0.4, -0.2) is 19.1 Å². The van der Waals surface area contributed by atoms with Crippen LogP contribution in [0.2, 0.25) is 5.02 Å². The molecule has 0 aliphatic carbocycles. The Hall–Kier alpha value is -1.52. The van der Waals surface area contributed by atoms with Gasteiger partial charge in [-0.05, 0) is 64.7 Å². The Kier molecular flexibility index (Phi) is 6.28. The van der Waals surface area contributed by atoms with Crippen LogP contribution >= 0.6 is 27.5 Å². The van der Waals surface area contributed by atoms with Crippen LogP contribution in [0.4, 0.5) is 0 Å². The summed E-state index contributed by atoms with van der Waals surface area (Å²) in [4.78, 5) is 11.8. The first kappa shape index (κ1) is 16.8. The number of rotatable bonds is 6. The number of nitrogens with one attached hydrogen (secondary N) is 1. The monoisotopic (exact) mass is 381 g/mol. The molecule has 5 heteroatoms. The summed E-state index contributed by atoms with van der Waals surface area (Å²) in [5.41, 5.74) is 2.22. The van der Waals surface area contributed by atoms with Crippen LogP contribution in [0.5, 0.6) is 5.75 Å². The molecule has 0 bridgehead atoms. The van der Waals surface area contributed by atoms with Crippen molar-refractivity contribution >= 4 is 33.4 Å². The molecule has 3 nitrogen and oxygen atoms in total. The second-order valence-corrected chi connectivity index (χ2v) is 6.24. The van der Waals surface area contributed by atoms with Crippen molar-refractivity contribution in [3.05, 3.63) is 63.1 Å². The minimum absolute atomic E-state index is 0.00277. The maximum absolute atomic E-state index is 11.8. The summed E-state index contributed by atoms with van der Waals surface area (Å²) >= 11 is 9.34. The van der Waals surface area contributed by atoms with Crippen LogP contribution in [0.25, 0.3) is 0 Å². The number of halogens is 2. The van der Waals surface area contributed by atoms with Crippen LogP contribution < -0.4 is 10.1 Å². The van der Waals surface area contributed by atoms with Crippen molar-refractivity contribution in [2.45, 2.75) is 13.3 Å². The van der Waals surface area contributed by atoms with Gasteiger partial charge in [0.05, 0.1) is 4.47 Å². The van der Waals surface area contributed by atoms with E-state index in [2.05, 4.69) is 21.2 Å². The Morgan fingerprint density at radius 2 is 2.09 bits per heavy atom. The Bertz CT molecular complexity index is 661. The number of ether oxygens (including phenoxy) is 1. The van der Waals surface area contributed by atoms with Gasteiger partial charge in [-0.1, -0.05) is 29.8 Å². The first-order valence-corrected chi connectivity index (χ1v) is 8.12. The molecule has 22 heavy (non-hydrogen) atoms. The lowest BCUT2D eigenvalue weighted by Crippen LogP contribution is -2.30.